The van der Waals surface area contributed by atoms with Gasteiger partial charge >= 0.3 is 5.97 Å². The zero-order valence-corrected chi connectivity index (χ0v) is 21.6. The van der Waals surface area contributed by atoms with E-state index in [2.05, 4.69) is 30.8 Å². The van der Waals surface area contributed by atoms with Gasteiger partial charge in [0.1, 0.15) is 0 Å². The predicted molar refractivity (Wildman–Crippen MR) is 134 cm³/mol. The summed E-state index contributed by atoms with van der Waals surface area (Å²) in [7, 11) is -4.32. The lowest BCUT2D eigenvalue weighted by molar-refractivity contribution is -0.151. The van der Waals surface area contributed by atoms with Crippen LogP contribution in [0.3, 0.4) is 0 Å². The Morgan fingerprint density at radius 2 is 1.92 bits per heavy atom. The van der Waals surface area contributed by atoms with Crippen LogP contribution in [-0.2, 0) is 24.4 Å². The fourth-order valence-corrected chi connectivity index (χ4v) is 6.14. The number of carboxylic acids is 1. The molecule has 5 N–H and O–H groups in total. The molecule has 198 valence electrons. The highest BCUT2D eigenvalue weighted by Crippen LogP contribution is 2.25. The fraction of sp³-hybridized carbons (Fsp3) is 0.565. The number of sulfonamides is 1. The zero-order chi connectivity index (χ0) is 26.3. The van der Waals surface area contributed by atoms with Crippen LogP contribution in [0.4, 0.5) is 0 Å². The van der Waals surface area contributed by atoms with Crippen molar-refractivity contribution < 1.29 is 28.0 Å². The highest BCUT2D eigenvalue weighted by Gasteiger charge is 2.45. The second-order valence-corrected chi connectivity index (χ2v) is 10.7. The van der Waals surface area contributed by atoms with Gasteiger partial charge in [0.05, 0.1) is 11.4 Å². The van der Waals surface area contributed by atoms with Crippen molar-refractivity contribution in [2.75, 3.05) is 19.6 Å². The van der Waals surface area contributed by atoms with Crippen LogP contribution in [0.2, 0.25) is 0 Å². The SMILES string of the molecule is Cc1cc(C)c(S(=O)(=O)NC(CCCCCNC2=NCCN2)(NC(=O)C2CC=NO2)C(=O)O)c(C)c1. The molecule has 2 aliphatic heterocycles. The summed E-state index contributed by atoms with van der Waals surface area (Å²) in [6.45, 7) is 7.28. The first-order valence-corrected chi connectivity index (χ1v) is 13.4. The Hall–Kier alpha value is -3.19. The van der Waals surface area contributed by atoms with Gasteiger partial charge in [0.25, 0.3) is 5.91 Å². The number of nitrogens with zero attached hydrogens (tertiary/aromatic N) is 2. The lowest BCUT2D eigenvalue weighted by Gasteiger charge is -2.32. The van der Waals surface area contributed by atoms with Gasteiger partial charge in [-0.2, -0.15) is 4.72 Å². The fourth-order valence-electron chi connectivity index (χ4n) is 4.37. The number of amides is 1. The van der Waals surface area contributed by atoms with E-state index in [9.17, 15) is 23.1 Å². The van der Waals surface area contributed by atoms with E-state index in [4.69, 9.17) is 4.84 Å². The first-order chi connectivity index (χ1) is 17.0. The van der Waals surface area contributed by atoms with Crippen LogP contribution in [0.5, 0.6) is 0 Å². The number of oxime groups is 1. The maximum atomic E-state index is 13.5. The Balaban J connectivity index is 1.78. The van der Waals surface area contributed by atoms with Crippen LogP contribution in [0.25, 0.3) is 0 Å². The molecule has 1 amide bonds. The van der Waals surface area contributed by atoms with E-state index in [1.165, 1.54) is 6.21 Å². The molecular formula is C23H34N6O6S. The summed E-state index contributed by atoms with van der Waals surface area (Å²) in [5.41, 5.74) is -0.427. The van der Waals surface area contributed by atoms with Gasteiger partial charge in [-0.3, -0.25) is 9.79 Å². The van der Waals surface area contributed by atoms with Gasteiger partial charge in [-0.1, -0.05) is 29.3 Å². The van der Waals surface area contributed by atoms with Gasteiger partial charge in [0.15, 0.2) is 5.96 Å². The smallest absolute Gasteiger partial charge is 0.345 e. The van der Waals surface area contributed by atoms with E-state index in [0.29, 0.717) is 36.9 Å². The molecule has 12 nitrogen and oxygen atoms in total. The average Bonchev–Trinajstić information content (AvgIpc) is 3.48. The van der Waals surface area contributed by atoms with Crippen molar-refractivity contribution in [2.45, 2.75) is 69.5 Å². The van der Waals surface area contributed by atoms with Crippen molar-refractivity contribution in [3.63, 3.8) is 0 Å². The molecule has 2 aliphatic rings. The van der Waals surface area contributed by atoms with Crippen LogP contribution in [-0.4, -0.2) is 69.0 Å². The molecule has 0 bridgehead atoms. The van der Waals surface area contributed by atoms with Gasteiger partial charge in [0, 0.05) is 25.7 Å². The topological polar surface area (TPSA) is 171 Å². The zero-order valence-electron chi connectivity index (χ0n) is 20.8. The highest BCUT2D eigenvalue weighted by molar-refractivity contribution is 7.89. The van der Waals surface area contributed by atoms with Crippen molar-refractivity contribution in [1.82, 2.24) is 20.7 Å². The van der Waals surface area contributed by atoms with Crippen LogP contribution in [0, 0.1) is 20.8 Å². The monoisotopic (exact) mass is 522 g/mol. The van der Waals surface area contributed by atoms with E-state index in [1.807, 2.05) is 6.92 Å². The number of carbonyl (C=O) groups excluding carboxylic acids is 1. The summed E-state index contributed by atoms with van der Waals surface area (Å²) >= 11 is 0. The summed E-state index contributed by atoms with van der Waals surface area (Å²) in [4.78, 5) is 34.6. The lowest BCUT2D eigenvalue weighted by Crippen LogP contribution is -2.66. The normalized spacial score (nSPS) is 18.6. The Labute approximate surface area is 211 Å². The van der Waals surface area contributed by atoms with Crippen molar-refractivity contribution in [2.24, 2.45) is 10.1 Å². The van der Waals surface area contributed by atoms with Crippen molar-refractivity contribution in [3.8, 4) is 0 Å². The van der Waals surface area contributed by atoms with Gasteiger partial charge in [-0.15, -0.1) is 0 Å². The average molecular weight is 523 g/mol. The minimum absolute atomic E-state index is 0.0116. The lowest BCUT2D eigenvalue weighted by atomic mass is 10.0. The molecule has 0 saturated carbocycles. The maximum absolute atomic E-state index is 13.5. The molecule has 0 aromatic heterocycles. The van der Waals surface area contributed by atoms with Gasteiger partial charge < -0.3 is 25.9 Å². The molecule has 1 aromatic rings. The number of aliphatic imine (C=N–C) groups is 1. The van der Waals surface area contributed by atoms with Gasteiger partial charge in [0.2, 0.25) is 21.8 Å². The van der Waals surface area contributed by atoms with E-state index >= 15 is 0 Å². The molecule has 2 heterocycles. The number of carboxylic acid groups (broad SMARTS) is 1. The molecule has 2 atom stereocenters. The predicted octanol–water partition coefficient (Wildman–Crippen LogP) is 0.671. The molecule has 0 spiro atoms. The Kier molecular flexibility index (Phi) is 8.90. The maximum Gasteiger partial charge on any atom is 0.345 e. The van der Waals surface area contributed by atoms with Crippen molar-refractivity contribution >= 4 is 34.1 Å². The second-order valence-electron chi connectivity index (χ2n) is 9.05. The molecule has 2 unspecified atom stereocenters. The molecule has 36 heavy (non-hydrogen) atoms. The van der Waals surface area contributed by atoms with E-state index < -0.39 is 33.7 Å². The number of carbonyl (C=O) groups is 2. The number of hydrogen-bond acceptors (Lipinski definition) is 9. The number of benzene rings is 1. The van der Waals surface area contributed by atoms with Crippen LogP contribution < -0.4 is 20.7 Å². The highest BCUT2D eigenvalue weighted by atomic mass is 32.2. The number of rotatable bonds is 12. The number of guanidine groups is 1. The summed E-state index contributed by atoms with van der Waals surface area (Å²) in [5, 5.41) is 22.4. The van der Waals surface area contributed by atoms with Crippen LogP contribution >= 0.6 is 0 Å². The molecule has 0 radical (unpaired) electrons. The molecule has 1 aromatic carbocycles. The molecule has 3 rings (SSSR count). The number of aliphatic carboxylic acids is 1. The second kappa shape index (κ2) is 11.7. The van der Waals surface area contributed by atoms with Crippen LogP contribution in [0.15, 0.2) is 27.2 Å². The number of aryl methyl sites for hydroxylation is 3. The Morgan fingerprint density at radius 3 is 2.50 bits per heavy atom. The minimum atomic E-state index is -4.32. The Bertz CT molecular complexity index is 1120. The number of nitrogens with one attached hydrogen (secondary N) is 4. The van der Waals surface area contributed by atoms with Crippen molar-refractivity contribution in [3.05, 3.63) is 28.8 Å². The Morgan fingerprint density at radius 1 is 1.19 bits per heavy atom. The first-order valence-electron chi connectivity index (χ1n) is 11.9. The van der Waals surface area contributed by atoms with E-state index in [-0.39, 0.29) is 17.7 Å². The molecule has 0 saturated heterocycles. The third-order valence-corrected chi connectivity index (χ3v) is 7.75. The third kappa shape index (κ3) is 6.72. The molecular weight excluding hydrogens is 488 g/mol. The standard InChI is InChI=1S/C23H34N6O6S/c1-15-13-16(2)19(17(3)14-15)36(33,34)29-23(21(31)32,28-20(30)18-7-10-27-35-18)8-5-4-6-9-24-22-25-11-12-26-22/h10,13-14,18,29H,4-9,11-12H2,1-3H3,(H,28,30)(H,31,32)(H2,24,25,26). The molecule has 0 aliphatic carbocycles. The summed E-state index contributed by atoms with van der Waals surface area (Å²) in [5.74, 6) is -1.54. The number of hydrogen-bond donors (Lipinski definition) is 5. The quantitative estimate of drug-likeness (QED) is 0.197. The van der Waals surface area contributed by atoms with Gasteiger partial charge in [-0.25, -0.2) is 13.2 Å². The summed E-state index contributed by atoms with van der Waals surface area (Å²) in [6, 6.07) is 3.42. The largest absolute Gasteiger partial charge is 0.478 e. The summed E-state index contributed by atoms with van der Waals surface area (Å²) < 4.78 is 29.3. The van der Waals surface area contributed by atoms with Crippen molar-refractivity contribution in [1.29, 1.82) is 0 Å². The molecule has 13 heteroatoms. The van der Waals surface area contributed by atoms with E-state index in [0.717, 1.165) is 24.6 Å². The first kappa shape index (κ1) is 27.4. The third-order valence-electron chi connectivity index (χ3n) is 5.95. The number of unbranched alkanes of at least 4 members (excludes halogenated alkanes) is 2. The summed E-state index contributed by atoms with van der Waals surface area (Å²) in [6.07, 6.45) is 2.00. The minimum Gasteiger partial charge on any atom is -0.478 e. The van der Waals surface area contributed by atoms with Gasteiger partial charge in [-0.05, 0) is 51.2 Å². The molecule has 0 fully saturated rings. The van der Waals surface area contributed by atoms with Crippen LogP contribution in [0.1, 0.15) is 48.8 Å². The van der Waals surface area contributed by atoms with E-state index in [1.54, 1.807) is 26.0 Å².